The second-order valence-corrected chi connectivity index (χ2v) is 12.2. The van der Waals surface area contributed by atoms with Gasteiger partial charge in [0.1, 0.15) is 0 Å². The molecule has 0 unspecified atom stereocenters. The molecule has 0 bridgehead atoms. The Morgan fingerprint density at radius 2 is 1.57 bits per heavy atom. The third-order valence-electron chi connectivity index (χ3n) is 8.10. The van der Waals surface area contributed by atoms with Crippen LogP contribution in [0.5, 0.6) is 23.0 Å². The van der Waals surface area contributed by atoms with Crippen LogP contribution in [0, 0.1) is 0 Å². The topological polar surface area (TPSA) is 130 Å². The summed E-state index contributed by atoms with van der Waals surface area (Å²) in [5.74, 6) is 1.89. The van der Waals surface area contributed by atoms with Gasteiger partial charge in [-0.1, -0.05) is 49.0 Å². The fourth-order valence-electron chi connectivity index (χ4n) is 5.39. The Morgan fingerprint density at radius 1 is 0.878 bits per heavy atom. The van der Waals surface area contributed by atoms with Gasteiger partial charge < -0.3 is 29.6 Å². The third kappa shape index (κ3) is 7.81. The van der Waals surface area contributed by atoms with Gasteiger partial charge in [-0.05, 0) is 72.0 Å². The van der Waals surface area contributed by atoms with Crippen molar-refractivity contribution in [1.82, 2.24) is 14.9 Å². The number of aromatic nitrogens is 2. The highest BCUT2D eigenvalue weighted by Gasteiger charge is 2.20. The van der Waals surface area contributed by atoms with E-state index in [-0.39, 0.29) is 36.5 Å². The molecule has 0 aliphatic carbocycles. The van der Waals surface area contributed by atoms with Gasteiger partial charge in [-0.25, -0.2) is 4.98 Å². The van der Waals surface area contributed by atoms with Crippen molar-refractivity contribution in [3.05, 3.63) is 111 Å². The summed E-state index contributed by atoms with van der Waals surface area (Å²) in [4.78, 5) is 44.4. The van der Waals surface area contributed by atoms with Crippen molar-refractivity contribution in [2.24, 2.45) is 0 Å². The van der Waals surface area contributed by atoms with Crippen molar-refractivity contribution in [2.75, 3.05) is 38.6 Å². The molecule has 1 aliphatic rings. The zero-order valence-corrected chi connectivity index (χ0v) is 28.2. The summed E-state index contributed by atoms with van der Waals surface area (Å²) in [6.07, 6.45) is 1.53. The van der Waals surface area contributed by atoms with Crippen LogP contribution in [0.2, 0.25) is 0 Å². The van der Waals surface area contributed by atoms with E-state index in [4.69, 9.17) is 23.9 Å². The Hall–Kier alpha value is -5.49. The van der Waals surface area contributed by atoms with Crippen LogP contribution in [-0.4, -0.2) is 54.7 Å². The quantitative estimate of drug-likeness (QED) is 0.123. The average Bonchev–Trinajstić information content (AvgIpc) is 3.59. The van der Waals surface area contributed by atoms with E-state index in [0.29, 0.717) is 63.3 Å². The van der Waals surface area contributed by atoms with Gasteiger partial charge in [0.15, 0.2) is 28.2 Å². The molecule has 12 heteroatoms. The molecule has 0 saturated carbocycles. The SMILES string of the molecule is CCc1ccc(NC(=O)CSc2nc3cc4c(cc3c(=O)n2Cc2ccc(C(=O)NCCc3ccc(OC)c(OC)c3)cc2)OCO4)cc1. The summed E-state index contributed by atoms with van der Waals surface area (Å²) < 4.78 is 23.2. The monoisotopic (exact) mass is 680 g/mol. The molecule has 2 amide bonds. The highest BCUT2D eigenvalue weighted by atomic mass is 32.2. The number of fused-ring (bicyclic) bond motifs is 2. The molecule has 4 aromatic carbocycles. The first-order chi connectivity index (χ1) is 23.8. The van der Waals surface area contributed by atoms with Gasteiger partial charge >= 0.3 is 0 Å². The number of anilines is 1. The fourth-order valence-corrected chi connectivity index (χ4v) is 6.19. The molecule has 0 spiro atoms. The lowest BCUT2D eigenvalue weighted by molar-refractivity contribution is -0.113. The van der Waals surface area contributed by atoms with E-state index in [1.807, 2.05) is 42.5 Å². The Labute approximate surface area is 287 Å². The molecule has 11 nitrogen and oxygen atoms in total. The first-order valence-electron chi connectivity index (χ1n) is 15.8. The van der Waals surface area contributed by atoms with E-state index < -0.39 is 0 Å². The number of nitrogens with zero attached hydrogens (tertiary/aromatic N) is 2. The maximum atomic E-state index is 13.9. The normalized spacial score (nSPS) is 11.7. The van der Waals surface area contributed by atoms with Gasteiger partial charge in [0.25, 0.3) is 11.5 Å². The Kier molecular flexibility index (Phi) is 10.3. The first kappa shape index (κ1) is 33.4. The van der Waals surface area contributed by atoms with Crippen molar-refractivity contribution in [1.29, 1.82) is 0 Å². The minimum absolute atomic E-state index is 0.0421. The van der Waals surface area contributed by atoms with Crippen LogP contribution in [0.4, 0.5) is 5.69 Å². The predicted octanol–water partition coefficient (Wildman–Crippen LogP) is 5.46. The first-order valence-corrected chi connectivity index (χ1v) is 16.8. The predicted molar refractivity (Wildman–Crippen MR) is 188 cm³/mol. The number of thioether (sulfide) groups is 1. The van der Waals surface area contributed by atoms with Crippen LogP contribution in [-0.2, 0) is 24.2 Å². The summed E-state index contributed by atoms with van der Waals surface area (Å²) in [5, 5.41) is 6.61. The van der Waals surface area contributed by atoms with Crippen molar-refractivity contribution >= 4 is 40.2 Å². The number of rotatable bonds is 13. The molecular weight excluding hydrogens is 644 g/mol. The standard InChI is InChI=1S/C37H36N4O7S/c1-4-23-7-12-27(13-8-23)39-34(42)21-49-37-40-29-19-33-32(47-22-48-33)18-28(29)36(44)41(37)20-25-5-10-26(11-6-25)35(43)38-16-15-24-9-14-30(45-2)31(17-24)46-3/h5-14,17-19H,4,15-16,20-22H2,1-3H3,(H,38,43)(H,39,42). The van der Waals surface area contributed by atoms with Crippen molar-refractivity contribution in [3.8, 4) is 23.0 Å². The number of amides is 2. The summed E-state index contributed by atoms with van der Waals surface area (Å²) in [6, 6.07) is 23.7. The van der Waals surface area contributed by atoms with Gasteiger partial charge in [0, 0.05) is 23.9 Å². The summed E-state index contributed by atoms with van der Waals surface area (Å²) in [5.41, 5.74) is 4.33. The Bertz CT molecular complexity index is 2050. The zero-order valence-electron chi connectivity index (χ0n) is 27.4. The minimum atomic E-state index is -0.279. The maximum Gasteiger partial charge on any atom is 0.262 e. The number of methoxy groups -OCH3 is 2. The van der Waals surface area contributed by atoms with Gasteiger partial charge in [-0.15, -0.1) is 0 Å². The molecule has 0 radical (unpaired) electrons. The Morgan fingerprint density at radius 3 is 2.29 bits per heavy atom. The highest BCUT2D eigenvalue weighted by molar-refractivity contribution is 7.99. The molecule has 1 aliphatic heterocycles. The summed E-state index contributed by atoms with van der Waals surface area (Å²) in [6.45, 7) is 2.76. The van der Waals surface area contributed by atoms with Gasteiger partial charge in [-0.3, -0.25) is 19.0 Å². The van der Waals surface area contributed by atoms with Gasteiger partial charge in [-0.2, -0.15) is 0 Å². The Balaban J connectivity index is 1.16. The van der Waals surface area contributed by atoms with E-state index in [9.17, 15) is 14.4 Å². The van der Waals surface area contributed by atoms with Crippen LogP contribution in [0.3, 0.4) is 0 Å². The second-order valence-electron chi connectivity index (χ2n) is 11.3. The maximum absolute atomic E-state index is 13.9. The van der Waals surface area contributed by atoms with Crippen LogP contribution in [0.25, 0.3) is 10.9 Å². The third-order valence-corrected chi connectivity index (χ3v) is 9.07. The lowest BCUT2D eigenvalue weighted by Crippen LogP contribution is -2.26. The van der Waals surface area contributed by atoms with Crippen molar-refractivity contribution in [3.63, 3.8) is 0 Å². The molecule has 0 saturated heterocycles. The largest absolute Gasteiger partial charge is 0.493 e. The molecule has 0 fully saturated rings. The lowest BCUT2D eigenvalue weighted by Gasteiger charge is -2.14. The van der Waals surface area contributed by atoms with Crippen LogP contribution < -0.4 is 35.1 Å². The minimum Gasteiger partial charge on any atom is -0.493 e. The number of aryl methyl sites for hydroxylation is 1. The fraction of sp³-hybridized carbons (Fsp3) is 0.243. The van der Waals surface area contributed by atoms with Crippen LogP contribution in [0.1, 0.15) is 34.0 Å². The summed E-state index contributed by atoms with van der Waals surface area (Å²) in [7, 11) is 3.17. The number of nitrogens with one attached hydrogen (secondary N) is 2. The van der Waals surface area contributed by atoms with E-state index in [0.717, 1.165) is 17.5 Å². The molecule has 2 heterocycles. The number of hydrogen-bond donors (Lipinski definition) is 2. The van der Waals surface area contributed by atoms with E-state index in [1.54, 1.807) is 50.6 Å². The zero-order chi connectivity index (χ0) is 34.3. The van der Waals surface area contributed by atoms with Crippen molar-refractivity contribution < 1.29 is 28.5 Å². The number of carbonyl (C=O) groups is 2. The van der Waals surface area contributed by atoms with E-state index >= 15 is 0 Å². The average molecular weight is 681 g/mol. The summed E-state index contributed by atoms with van der Waals surface area (Å²) >= 11 is 1.17. The van der Waals surface area contributed by atoms with Crippen LogP contribution in [0.15, 0.2) is 88.8 Å². The van der Waals surface area contributed by atoms with E-state index in [1.165, 1.54) is 21.9 Å². The second kappa shape index (κ2) is 15.2. The van der Waals surface area contributed by atoms with Crippen molar-refractivity contribution in [2.45, 2.75) is 31.5 Å². The highest BCUT2D eigenvalue weighted by Crippen LogP contribution is 2.35. The van der Waals surface area contributed by atoms with E-state index in [2.05, 4.69) is 17.6 Å². The molecule has 252 valence electrons. The van der Waals surface area contributed by atoms with Gasteiger partial charge in [0.2, 0.25) is 12.7 Å². The number of carbonyl (C=O) groups excluding carboxylic acids is 2. The van der Waals surface area contributed by atoms with Crippen LogP contribution >= 0.6 is 11.8 Å². The molecular formula is C37H36N4O7S. The molecule has 6 rings (SSSR count). The molecule has 0 atom stereocenters. The molecule has 5 aromatic rings. The molecule has 49 heavy (non-hydrogen) atoms. The van der Waals surface area contributed by atoms with Gasteiger partial charge in [0.05, 0.1) is 37.4 Å². The molecule has 2 N–H and O–H groups in total. The number of hydrogen-bond acceptors (Lipinski definition) is 9. The molecule has 1 aromatic heterocycles. The lowest BCUT2D eigenvalue weighted by atomic mass is 10.1. The number of ether oxygens (including phenoxy) is 4. The number of benzene rings is 4. The smallest absolute Gasteiger partial charge is 0.262 e.